The Morgan fingerprint density at radius 2 is 2.06 bits per heavy atom. The van der Waals surface area contributed by atoms with Crippen molar-refractivity contribution in [3.8, 4) is 0 Å². The van der Waals surface area contributed by atoms with Crippen molar-refractivity contribution in [2.75, 3.05) is 0 Å². The fraction of sp³-hybridized carbons (Fsp3) is 0.286. The Kier molecular flexibility index (Phi) is 4.73. The lowest BCUT2D eigenvalue weighted by atomic mass is 10.2. The van der Waals surface area contributed by atoms with Gasteiger partial charge in [0.05, 0.1) is 0 Å². The summed E-state index contributed by atoms with van der Waals surface area (Å²) in [6.07, 6.45) is 3.35. The van der Waals surface area contributed by atoms with E-state index in [1.165, 1.54) is 10.5 Å². The van der Waals surface area contributed by atoms with Gasteiger partial charge in [-0.2, -0.15) is 0 Å². The van der Waals surface area contributed by atoms with Crippen LogP contribution in [0.4, 0.5) is 0 Å². The quantitative estimate of drug-likeness (QED) is 0.837. The SMILES string of the molecule is CC(C)NCc1ccccc1Sc1ccncn1. The highest BCUT2D eigenvalue weighted by molar-refractivity contribution is 7.99. The number of hydrogen-bond acceptors (Lipinski definition) is 4. The Bertz CT molecular complexity index is 485. The molecule has 0 aliphatic rings. The second-order valence-electron chi connectivity index (χ2n) is 4.29. The summed E-state index contributed by atoms with van der Waals surface area (Å²) in [5.41, 5.74) is 1.30. The maximum absolute atomic E-state index is 4.24. The fourth-order valence-electron chi connectivity index (χ4n) is 1.52. The maximum atomic E-state index is 4.24. The predicted molar refractivity (Wildman–Crippen MR) is 74.6 cm³/mol. The van der Waals surface area contributed by atoms with E-state index in [1.807, 2.05) is 6.07 Å². The monoisotopic (exact) mass is 259 g/mol. The van der Waals surface area contributed by atoms with Crippen LogP contribution in [0.25, 0.3) is 0 Å². The molecule has 2 rings (SSSR count). The minimum atomic E-state index is 0.488. The number of rotatable bonds is 5. The molecule has 0 bridgehead atoms. The Morgan fingerprint density at radius 1 is 1.22 bits per heavy atom. The van der Waals surface area contributed by atoms with Crippen LogP contribution < -0.4 is 5.32 Å². The van der Waals surface area contributed by atoms with Crippen LogP contribution in [0, 0.1) is 0 Å². The normalized spacial score (nSPS) is 10.8. The van der Waals surface area contributed by atoms with E-state index in [0.29, 0.717) is 6.04 Å². The first kappa shape index (κ1) is 13.1. The molecule has 1 aromatic carbocycles. The zero-order valence-corrected chi connectivity index (χ0v) is 11.4. The van der Waals surface area contributed by atoms with Crippen molar-refractivity contribution in [3.05, 3.63) is 48.4 Å². The first-order valence-corrected chi connectivity index (χ1v) is 6.82. The Balaban J connectivity index is 2.12. The predicted octanol–water partition coefficient (Wildman–Crippen LogP) is 3.13. The summed E-state index contributed by atoms with van der Waals surface area (Å²) in [4.78, 5) is 9.41. The van der Waals surface area contributed by atoms with Crippen molar-refractivity contribution in [1.29, 1.82) is 0 Å². The molecule has 94 valence electrons. The molecule has 0 aliphatic carbocycles. The third-order valence-electron chi connectivity index (χ3n) is 2.44. The van der Waals surface area contributed by atoms with Crippen LogP contribution in [0.15, 0.2) is 52.8 Å². The zero-order chi connectivity index (χ0) is 12.8. The van der Waals surface area contributed by atoms with Gasteiger partial charge in [0.15, 0.2) is 0 Å². The van der Waals surface area contributed by atoms with Gasteiger partial charge >= 0.3 is 0 Å². The average Bonchev–Trinajstić information content (AvgIpc) is 2.39. The van der Waals surface area contributed by atoms with E-state index >= 15 is 0 Å². The van der Waals surface area contributed by atoms with Crippen LogP contribution in [0.2, 0.25) is 0 Å². The van der Waals surface area contributed by atoms with E-state index in [9.17, 15) is 0 Å². The Hall–Kier alpha value is -1.39. The van der Waals surface area contributed by atoms with Crippen LogP contribution in [0.3, 0.4) is 0 Å². The van der Waals surface area contributed by atoms with Gasteiger partial charge in [-0.1, -0.05) is 43.8 Å². The van der Waals surface area contributed by atoms with Gasteiger partial charge in [-0.05, 0) is 17.7 Å². The van der Waals surface area contributed by atoms with Crippen LogP contribution in [-0.2, 0) is 6.54 Å². The van der Waals surface area contributed by atoms with Crippen LogP contribution in [-0.4, -0.2) is 16.0 Å². The van der Waals surface area contributed by atoms with E-state index in [4.69, 9.17) is 0 Å². The summed E-state index contributed by atoms with van der Waals surface area (Å²) in [5, 5.41) is 4.42. The molecule has 0 amide bonds. The standard InChI is InChI=1S/C14H17N3S/c1-11(2)16-9-12-5-3-4-6-13(12)18-14-7-8-15-10-17-14/h3-8,10-11,16H,9H2,1-2H3. The third kappa shape index (κ3) is 3.82. The van der Waals surface area contributed by atoms with Gasteiger partial charge in [0, 0.05) is 23.7 Å². The van der Waals surface area contributed by atoms with Gasteiger partial charge < -0.3 is 5.32 Å². The van der Waals surface area contributed by atoms with Crippen LogP contribution >= 0.6 is 11.8 Å². The van der Waals surface area contributed by atoms with E-state index in [0.717, 1.165) is 11.6 Å². The lowest BCUT2D eigenvalue weighted by molar-refractivity contribution is 0.585. The highest BCUT2D eigenvalue weighted by atomic mass is 32.2. The molecule has 0 unspecified atom stereocenters. The van der Waals surface area contributed by atoms with Gasteiger partial charge in [-0.25, -0.2) is 9.97 Å². The maximum Gasteiger partial charge on any atom is 0.116 e. The van der Waals surface area contributed by atoms with E-state index in [2.05, 4.69) is 53.4 Å². The Labute approximate surface area is 112 Å². The number of hydrogen-bond donors (Lipinski definition) is 1. The molecule has 0 fully saturated rings. The van der Waals surface area contributed by atoms with Crippen LogP contribution in [0.1, 0.15) is 19.4 Å². The lowest BCUT2D eigenvalue weighted by Gasteiger charge is -2.11. The van der Waals surface area contributed by atoms with Crippen molar-refractivity contribution in [1.82, 2.24) is 15.3 Å². The summed E-state index contributed by atoms with van der Waals surface area (Å²) >= 11 is 1.67. The average molecular weight is 259 g/mol. The lowest BCUT2D eigenvalue weighted by Crippen LogP contribution is -2.22. The van der Waals surface area contributed by atoms with Crippen molar-refractivity contribution in [2.45, 2.75) is 36.4 Å². The first-order chi connectivity index (χ1) is 8.75. The summed E-state index contributed by atoms with van der Waals surface area (Å²) in [7, 11) is 0. The molecule has 18 heavy (non-hydrogen) atoms. The fourth-order valence-corrected chi connectivity index (χ4v) is 2.39. The molecule has 1 N–H and O–H groups in total. The van der Waals surface area contributed by atoms with Gasteiger partial charge in [0.2, 0.25) is 0 Å². The second kappa shape index (κ2) is 6.52. The second-order valence-corrected chi connectivity index (χ2v) is 5.36. The molecular formula is C14H17N3S. The molecule has 0 atom stereocenters. The van der Waals surface area contributed by atoms with E-state index in [-0.39, 0.29) is 0 Å². The summed E-state index contributed by atoms with van der Waals surface area (Å²) in [6.45, 7) is 5.19. The number of aromatic nitrogens is 2. The topological polar surface area (TPSA) is 37.8 Å². The van der Waals surface area contributed by atoms with E-state index < -0.39 is 0 Å². The highest BCUT2D eigenvalue weighted by Gasteiger charge is 2.05. The molecule has 0 spiro atoms. The first-order valence-electron chi connectivity index (χ1n) is 6.01. The largest absolute Gasteiger partial charge is 0.310 e. The highest BCUT2D eigenvalue weighted by Crippen LogP contribution is 2.28. The number of benzene rings is 1. The van der Waals surface area contributed by atoms with Crippen molar-refractivity contribution in [3.63, 3.8) is 0 Å². The summed E-state index contributed by atoms with van der Waals surface area (Å²) < 4.78 is 0. The van der Waals surface area contributed by atoms with Gasteiger partial charge in [-0.3, -0.25) is 0 Å². The van der Waals surface area contributed by atoms with Crippen LogP contribution in [0.5, 0.6) is 0 Å². The molecule has 1 aromatic heterocycles. The molecule has 0 radical (unpaired) electrons. The molecule has 0 saturated heterocycles. The molecular weight excluding hydrogens is 242 g/mol. The number of nitrogens with one attached hydrogen (secondary N) is 1. The van der Waals surface area contributed by atoms with Gasteiger partial charge in [0.25, 0.3) is 0 Å². The van der Waals surface area contributed by atoms with Gasteiger partial charge in [0.1, 0.15) is 11.4 Å². The molecule has 0 saturated carbocycles. The molecule has 0 aliphatic heterocycles. The Morgan fingerprint density at radius 3 is 2.78 bits per heavy atom. The van der Waals surface area contributed by atoms with E-state index in [1.54, 1.807) is 24.3 Å². The van der Waals surface area contributed by atoms with Gasteiger partial charge in [-0.15, -0.1) is 0 Å². The molecule has 4 heteroatoms. The molecule has 3 nitrogen and oxygen atoms in total. The minimum absolute atomic E-state index is 0.488. The molecule has 1 heterocycles. The summed E-state index contributed by atoms with van der Waals surface area (Å²) in [5.74, 6) is 0. The smallest absolute Gasteiger partial charge is 0.116 e. The third-order valence-corrected chi connectivity index (χ3v) is 3.51. The summed E-state index contributed by atoms with van der Waals surface area (Å²) in [6, 6.07) is 10.8. The van der Waals surface area contributed by atoms with Crippen molar-refractivity contribution < 1.29 is 0 Å². The zero-order valence-electron chi connectivity index (χ0n) is 10.6. The minimum Gasteiger partial charge on any atom is -0.310 e. The number of nitrogens with zero attached hydrogens (tertiary/aromatic N) is 2. The van der Waals surface area contributed by atoms with Crippen molar-refractivity contribution >= 4 is 11.8 Å². The van der Waals surface area contributed by atoms with Crippen molar-refractivity contribution in [2.24, 2.45) is 0 Å². The molecule has 2 aromatic rings.